The largest absolute Gasteiger partial charge is 0.313 e. The summed E-state index contributed by atoms with van der Waals surface area (Å²) in [6.45, 7) is 3.06. The second kappa shape index (κ2) is 6.24. The van der Waals surface area contributed by atoms with Gasteiger partial charge in [0.2, 0.25) is 0 Å². The van der Waals surface area contributed by atoms with Gasteiger partial charge in [-0.2, -0.15) is 0 Å². The average molecular weight is 239 g/mol. The fraction of sp³-hybridized carbons (Fsp3) is 0.538. The van der Waals surface area contributed by atoms with E-state index < -0.39 is 0 Å². The molecule has 2 rings (SSSR count). The molecule has 1 aliphatic rings. The molecule has 0 aliphatic carbocycles. The first-order valence-electron chi connectivity index (χ1n) is 6.04. The molecule has 3 heteroatoms. The van der Waals surface area contributed by atoms with Crippen molar-refractivity contribution in [3.63, 3.8) is 0 Å². The van der Waals surface area contributed by atoms with E-state index in [2.05, 4.69) is 16.7 Å². The third-order valence-electron chi connectivity index (χ3n) is 3.08. The maximum Gasteiger partial charge on any atom is 0.0450 e. The van der Waals surface area contributed by atoms with Gasteiger partial charge in [-0.05, 0) is 31.0 Å². The Morgan fingerprint density at radius 2 is 2.19 bits per heavy atom. The van der Waals surface area contributed by atoms with Crippen LogP contribution in [0.25, 0.3) is 0 Å². The lowest BCUT2D eigenvalue weighted by molar-refractivity contribution is 0.383. The van der Waals surface area contributed by atoms with E-state index >= 15 is 0 Å². The van der Waals surface area contributed by atoms with Gasteiger partial charge in [0.15, 0.2) is 0 Å². The summed E-state index contributed by atoms with van der Waals surface area (Å²) in [5, 5.41) is 7.84. The third kappa shape index (κ3) is 3.48. The first-order valence-corrected chi connectivity index (χ1v) is 6.41. The number of benzene rings is 1. The molecule has 0 aromatic heterocycles. The minimum Gasteiger partial charge on any atom is -0.313 e. The minimum absolute atomic E-state index is 0.635. The molecule has 16 heavy (non-hydrogen) atoms. The predicted octanol–water partition coefficient (Wildman–Crippen LogP) is 2.57. The van der Waals surface area contributed by atoms with Crippen LogP contribution in [0.2, 0.25) is 5.02 Å². The van der Waals surface area contributed by atoms with E-state index in [4.69, 9.17) is 11.6 Å². The zero-order valence-corrected chi connectivity index (χ0v) is 10.3. The molecule has 0 amide bonds. The lowest BCUT2D eigenvalue weighted by Crippen LogP contribution is -2.41. The van der Waals surface area contributed by atoms with Crippen LogP contribution in [0.3, 0.4) is 0 Å². The molecular formula is C13H19ClN2. The predicted molar refractivity (Wildman–Crippen MR) is 68.8 cm³/mol. The Balaban J connectivity index is 1.73. The maximum atomic E-state index is 6.09. The summed E-state index contributed by atoms with van der Waals surface area (Å²) >= 11 is 6.09. The van der Waals surface area contributed by atoms with Crippen molar-refractivity contribution in [3.05, 3.63) is 34.9 Å². The summed E-state index contributed by atoms with van der Waals surface area (Å²) in [6.07, 6.45) is 3.96. The quantitative estimate of drug-likeness (QED) is 0.843. The van der Waals surface area contributed by atoms with Gasteiger partial charge in [-0.3, -0.25) is 0 Å². The Hall–Kier alpha value is -0.570. The van der Waals surface area contributed by atoms with E-state index in [1.54, 1.807) is 0 Å². The summed E-state index contributed by atoms with van der Waals surface area (Å²) in [5.74, 6) is 0. The molecule has 88 valence electrons. The van der Waals surface area contributed by atoms with E-state index in [-0.39, 0.29) is 0 Å². The number of piperidine rings is 1. The molecule has 0 saturated carbocycles. The zero-order valence-electron chi connectivity index (χ0n) is 9.51. The number of nitrogens with one attached hydrogen (secondary N) is 2. The van der Waals surface area contributed by atoms with Crippen LogP contribution in [0.15, 0.2) is 24.3 Å². The lowest BCUT2D eigenvalue weighted by Gasteiger charge is -2.23. The fourth-order valence-electron chi connectivity index (χ4n) is 2.12. The van der Waals surface area contributed by atoms with Gasteiger partial charge in [0, 0.05) is 24.2 Å². The van der Waals surface area contributed by atoms with E-state index in [9.17, 15) is 0 Å². The highest BCUT2D eigenvalue weighted by Gasteiger charge is 2.11. The van der Waals surface area contributed by atoms with Crippen molar-refractivity contribution in [3.8, 4) is 0 Å². The molecule has 0 unspecified atom stereocenters. The number of rotatable bonds is 4. The van der Waals surface area contributed by atoms with E-state index in [1.165, 1.54) is 31.4 Å². The first-order chi connectivity index (χ1) is 7.86. The molecule has 2 nitrogen and oxygen atoms in total. The smallest absolute Gasteiger partial charge is 0.0450 e. The molecule has 1 aliphatic heterocycles. The Morgan fingerprint density at radius 3 is 2.94 bits per heavy atom. The van der Waals surface area contributed by atoms with Crippen molar-refractivity contribution < 1.29 is 0 Å². The molecule has 0 radical (unpaired) electrons. The van der Waals surface area contributed by atoms with Crippen LogP contribution in [-0.2, 0) is 6.54 Å². The Bertz CT molecular complexity index is 321. The van der Waals surface area contributed by atoms with Crippen LogP contribution in [-0.4, -0.2) is 19.1 Å². The molecule has 2 N–H and O–H groups in total. The Morgan fingerprint density at radius 1 is 1.31 bits per heavy atom. The molecule has 0 bridgehead atoms. The second-order valence-electron chi connectivity index (χ2n) is 4.37. The van der Waals surface area contributed by atoms with Crippen molar-refractivity contribution in [1.29, 1.82) is 0 Å². The second-order valence-corrected chi connectivity index (χ2v) is 4.78. The van der Waals surface area contributed by atoms with Crippen LogP contribution < -0.4 is 10.6 Å². The van der Waals surface area contributed by atoms with Gasteiger partial charge in [-0.15, -0.1) is 0 Å². The third-order valence-corrected chi connectivity index (χ3v) is 3.45. The number of halogens is 1. The van der Waals surface area contributed by atoms with Gasteiger partial charge in [0.1, 0.15) is 0 Å². The summed E-state index contributed by atoms with van der Waals surface area (Å²) in [5.41, 5.74) is 1.18. The fourth-order valence-corrected chi connectivity index (χ4v) is 2.32. The van der Waals surface area contributed by atoms with Gasteiger partial charge in [-0.25, -0.2) is 0 Å². The van der Waals surface area contributed by atoms with Crippen molar-refractivity contribution in [1.82, 2.24) is 10.6 Å². The molecule has 0 spiro atoms. The number of hydrogen-bond donors (Lipinski definition) is 2. The standard InChI is InChI=1S/C13H19ClN2/c14-13-7-2-1-5-11(13)9-15-10-12-6-3-4-8-16-12/h1-2,5,7,12,15-16H,3-4,6,8-10H2/t12-/m1/s1. The van der Waals surface area contributed by atoms with E-state index in [1.807, 2.05) is 18.2 Å². The van der Waals surface area contributed by atoms with E-state index in [0.29, 0.717) is 6.04 Å². The summed E-state index contributed by atoms with van der Waals surface area (Å²) in [4.78, 5) is 0. The molecule has 1 aromatic rings. The van der Waals surface area contributed by atoms with Gasteiger partial charge < -0.3 is 10.6 Å². The van der Waals surface area contributed by atoms with Crippen molar-refractivity contribution in [2.24, 2.45) is 0 Å². The van der Waals surface area contributed by atoms with Crippen LogP contribution in [0.5, 0.6) is 0 Å². The van der Waals surface area contributed by atoms with Crippen LogP contribution >= 0.6 is 11.6 Å². The molecule has 1 heterocycles. The molecule has 1 saturated heterocycles. The zero-order chi connectivity index (χ0) is 11.2. The van der Waals surface area contributed by atoms with Gasteiger partial charge in [0.25, 0.3) is 0 Å². The Labute approximate surface area is 102 Å². The summed E-state index contributed by atoms with van der Waals surface area (Å²) in [6, 6.07) is 8.65. The topological polar surface area (TPSA) is 24.1 Å². The highest BCUT2D eigenvalue weighted by Crippen LogP contribution is 2.14. The van der Waals surface area contributed by atoms with Gasteiger partial charge in [-0.1, -0.05) is 36.2 Å². The van der Waals surface area contributed by atoms with Gasteiger partial charge in [0.05, 0.1) is 0 Å². The maximum absolute atomic E-state index is 6.09. The summed E-state index contributed by atoms with van der Waals surface area (Å²) in [7, 11) is 0. The van der Waals surface area contributed by atoms with E-state index in [0.717, 1.165) is 18.1 Å². The highest BCUT2D eigenvalue weighted by atomic mass is 35.5. The Kier molecular flexibility index (Phi) is 4.64. The van der Waals surface area contributed by atoms with Gasteiger partial charge >= 0.3 is 0 Å². The monoisotopic (exact) mass is 238 g/mol. The lowest BCUT2D eigenvalue weighted by atomic mass is 10.1. The van der Waals surface area contributed by atoms with Crippen LogP contribution in [0.1, 0.15) is 24.8 Å². The van der Waals surface area contributed by atoms with Crippen LogP contribution in [0.4, 0.5) is 0 Å². The molecule has 1 atom stereocenters. The van der Waals surface area contributed by atoms with Crippen molar-refractivity contribution >= 4 is 11.6 Å². The summed E-state index contributed by atoms with van der Waals surface area (Å²) < 4.78 is 0. The molecular weight excluding hydrogens is 220 g/mol. The molecule has 1 aromatic carbocycles. The first kappa shape index (κ1) is 11.9. The normalized spacial score (nSPS) is 20.9. The van der Waals surface area contributed by atoms with Crippen molar-refractivity contribution in [2.75, 3.05) is 13.1 Å². The SMILES string of the molecule is Clc1ccccc1CNC[C@H]1CCCCN1. The van der Waals surface area contributed by atoms with Crippen LogP contribution in [0, 0.1) is 0 Å². The number of hydrogen-bond acceptors (Lipinski definition) is 2. The molecule has 1 fully saturated rings. The van der Waals surface area contributed by atoms with Crippen molar-refractivity contribution in [2.45, 2.75) is 31.8 Å². The average Bonchev–Trinajstić information content (AvgIpc) is 2.33. The highest BCUT2D eigenvalue weighted by molar-refractivity contribution is 6.31. The minimum atomic E-state index is 0.635.